The Labute approximate surface area is 138 Å². The summed E-state index contributed by atoms with van der Waals surface area (Å²) in [6, 6.07) is 2.72. The van der Waals surface area contributed by atoms with Crippen LogP contribution in [0.2, 0.25) is 0 Å². The molecule has 2 saturated carbocycles. The first-order chi connectivity index (χ1) is 11.4. The topological polar surface area (TPSA) is 50.3 Å². The summed E-state index contributed by atoms with van der Waals surface area (Å²) >= 11 is 0. The van der Waals surface area contributed by atoms with E-state index in [4.69, 9.17) is 4.74 Å². The number of nitrogens with zero attached hydrogens (tertiary/aromatic N) is 3. The highest BCUT2D eigenvalue weighted by molar-refractivity contribution is 5.49. The maximum Gasteiger partial charge on any atom is 0.134 e. The molecule has 4 rings (SSSR count). The standard InChI is InChI=1S/C18H28N4O/c1-2-6-18(7-3-4-8-18)15(5-1)21-16-13-17(20-14-19-16)22-9-11-23-12-10-22/h13-15H,1-12H2,(H,19,20,21)/t15-/m1/s1. The van der Waals surface area contributed by atoms with Crippen molar-refractivity contribution in [2.75, 3.05) is 36.5 Å². The van der Waals surface area contributed by atoms with E-state index in [9.17, 15) is 0 Å². The van der Waals surface area contributed by atoms with Gasteiger partial charge in [-0.2, -0.15) is 0 Å². The Morgan fingerprint density at radius 3 is 2.57 bits per heavy atom. The van der Waals surface area contributed by atoms with Crippen LogP contribution >= 0.6 is 0 Å². The van der Waals surface area contributed by atoms with Crippen molar-refractivity contribution in [1.82, 2.24) is 9.97 Å². The lowest BCUT2D eigenvalue weighted by Crippen LogP contribution is -2.41. The molecule has 1 saturated heterocycles. The first-order valence-corrected chi connectivity index (χ1v) is 9.27. The minimum absolute atomic E-state index is 0.530. The molecule has 5 nitrogen and oxygen atoms in total. The molecule has 0 amide bonds. The van der Waals surface area contributed by atoms with Crippen LogP contribution in [-0.2, 0) is 4.74 Å². The monoisotopic (exact) mass is 316 g/mol. The van der Waals surface area contributed by atoms with Gasteiger partial charge in [-0.15, -0.1) is 0 Å². The lowest BCUT2D eigenvalue weighted by molar-refractivity contribution is 0.122. The van der Waals surface area contributed by atoms with Crippen molar-refractivity contribution in [3.63, 3.8) is 0 Å². The van der Waals surface area contributed by atoms with Crippen LogP contribution in [0, 0.1) is 5.41 Å². The van der Waals surface area contributed by atoms with E-state index in [0.29, 0.717) is 11.5 Å². The van der Waals surface area contributed by atoms with E-state index < -0.39 is 0 Å². The molecule has 0 radical (unpaired) electrons. The average molecular weight is 316 g/mol. The molecule has 1 spiro atoms. The highest BCUT2D eigenvalue weighted by Crippen LogP contribution is 2.49. The Bertz CT molecular complexity index is 524. The number of ether oxygens (including phenoxy) is 1. The van der Waals surface area contributed by atoms with Crippen molar-refractivity contribution in [3.8, 4) is 0 Å². The number of aromatic nitrogens is 2. The van der Waals surface area contributed by atoms with E-state index in [-0.39, 0.29) is 0 Å². The maximum atomic E-state index is 5.44. The fraction of sp³-hybridized carbons (Fsp3) is 0.778. The summed E-state index contributed by atoms with van der Waals surface area (Å²) in [7, 11) is 0. The molecule has 2 aliphatic carbocycles. The Morgan fingerprint density at radius 1 is 1.04 bits per heavy atom. The molecule has 1 aromatic rings. The van der Waals surface area contributed by atoms with E-state index in [2.05, 4.69) is 26.3 Å². The largest absolute Gasteiger partial charge is 0.378 e. The highest BCUT2D eigenvalue weighted by atomic mass is 16.5. The quantitative estimate of drug-likeness (QED) is 0.928. The number of anilines is 2. The maximum absolute atomic E-state index is 5.44. The van der Waals surface area contributed by atoms with Gasteiger partial charge in [-0.05, 0) is 31.1 Å². The van der Waals surface area contributed by atoms with Crippen molar-refractivity contribution in [3.05, 3.63) is 12.4 Å². The summed E-state index contributed by atoms with van der Waals surface area (Å²) in [5.74, 6) is 2.03. The molecule has 1 aliphatic heterocycles. The summed E-state index contributed by atoms with van der Waals surface area (Å²) in [5, 5.41) is 3.78. The molecule has 1 aromatic heterocycles. The van der Waals surface area contributed by atoms with E-state index in [1.165, 1.54) is 51.4 Å². The Balaban J connectivity index is 1.49. The van der Waals surface area contributed by atoms with Crippen molar-refractivity contribution >= 4 is 11.6 Å². The molecular formula is C18H28N4O. The van der Waals surface area contributed by atoms with Gasteiger partial charge in [0.1, 0.15) is 18.0 Å². The van der Waals surface area contributed by atoms with Gasteiger partial charge in [-0.3, -0.25) is 0 Å². The molecule has 0 bridgehead atoms. The van der Waals surface area contributed by atoms with Crippen molar-refractivity contribution in [2.45, 2.75) is 57.4 Å². The van der Waals surface area contributed by atoms with E-state index >= 15 is 0 Å². The summed E-state index contributed by atoms with van der Waals surface area (Å²) < 4.78 is 5.44. The van der Waals surface area contributed by atoms with Crippen LogP contribution in [-0.4, -0.2) is 42.3 Å². The lowest BCUT2D eigenvalue weighted by Gasteiger charge is -2.42. The molecule has 1 N–H and O–H groups in total. The summed E-state index contributed by atoms with van der Waals surface area (Å²) in [6.07, 6.45) is 12.7. The fourth-order valence-corrected chi connectivity index (χ4v) is 4.78. The normalized spacial score (nSPS) is 27.3. The van der Waals surface area contributed by atoms with Crippen molar-refractivity contribution < 1.29 is 4.74 Å². The Kier molecular flexibility index (Phi) is 4.38. The van der Waals surface area contributed by atoms with Gasteiger partial charge >= 0.3 is 0 Å². The van der Waals surface area contributed by atoms with Crippen molar-refractivity contribution in [1.29, 1.82) is 0 Å². The van der Waals surface area contributed by atoms with Crippen LogP contribution in [0.4, 0.5) is 11.6 Å². The molecule has 5 heteroatoms. The first-order valence-electron chi connectivity index (χ1n) is 9.27. The van der Waals surface area contributed by atoms with Crippen molar-refractivity contribution in [2.24, 2.45) is 5.41 Å². The zero-order valence-electron chi connectivity index (χ0n) is 14.0. The van der Waals surface area contributed by atoms with Gasteiger partial charge in [0.05, 0.1) is 13.2 Å². The van der Waals surface area contributed by atoms with E-state index in [1.54, 1.807) is 6.33 Å². The van der Waals surface area contributed by atoms with Crippen LogP contribution in [0.5, 0.6) is 0 Å². The lowest BCUT2D eigenvalue weighted by atomic mass is 9.69. The van der Waals surface area contributed by atoms with Crippen LogP contribution < -0.4 is 10.2 Å². The van der Waals surface area contributed by atoms with E-state index in [1.807, 2.05) is 0 Å². The van der Waals surface area contributed by atoms with Crippen LogP contribution in [0.3, 0.4) is 0 Å². The molecule has 126 valence electrons. The van der Waals surface area contributed by atoms with Gasteiger partial charge in [-0.25, -0.2) is 9.97 Å². The van der Waals surface area contributed by atoms with Crippen LogP contribution in [0.1, 0.15) is 51.4 Å². The number of nitrogens with one attached hydrogen (secondary N) is 1. The molecule has 2 heterocycles. The summed E-state index contributed by atoms with van der Waals surface area (Å²) in [5.41, 5.74) is 0.530. The first kappa shape index (κ1) is 15.2. The third-order valence-electron chi connectivity index (χ3n) is 6.07. The van der Waals surface area contributed by atoms with Gasteiger partial charge in [0.25, 0.3) is 0 Å². The molecule has 1 atom stereocenters. The minimum Gasteiger partial charge on any atom is -0.378 e. The molecular weight excluding hydrogens is 288 g/mol. The second kappa shape index (κ2) is 6.63. The Morgan fingerprint density at radius 2 is 1.78 bits per heavy atom. The van der Waals surface area contributed by atoms with Crippen LogP contribution in [0.15, 0.2) is 12.4 Å². The minimum atomic E-state index is 0.530. The zero-order chi connectivity index (χ0) is 15.5. The smallest absolute Gasteiger partial charge is 0.134 e. The predicted octanol–water partition coefficient (Wildman–Crippen LogP) is 3.23. The second-order valence-corrected chi connectivity index (χ2v) is 7.37. The van der Waals surface area contributed by atoms with Crippen LogP contribution in [0.25, 0.3) is 0 Å². The molecule has 3 fully saturated rings. The Hall–Kier alpha value is -1.36. The van der Waals surface area contributed by atoms with Gasteiger partial charge < -0.3 is 15.0 Å². The van der Waals surface area contributed by atoms with Gasteiger partial charge in [0, 0.05) is 25.2 Å². The second-order valence-electron chi connectivity index (χ2n) is 7.37. The molecule has 23 heavy (non-hydrogen) atoms. The number of hydrogen-bond donors (Lipinski definition) is 1. The van der Waals surface area contributed by atoms with E-state index in [0.717, 1.165) is 37.9 Å². The van der Waals surface area contributed by atoms with Gasteiger partial charge in [0.2, 0.25) is 0 Å². The number of morpholine rings is 1. The SMILES string of the molecule is c1nc(N[C@@H]2CCCCC23CCCC3)cc(N2CCOCC2)n1. The third-order valence-corrected chi connectivity index (χ3v) is 6.07. The summed E-state index contributed by atoms with van der Waals surface area (Å²) in [4.78, 5) is 11.3. The fourth-order valence-electron chi connectivity index (χ4n) is 4.78. The molecule has 3 aliphatic rings. The zero-order valence-corrected chi connectivity index (χ0v) is 14.0. The highest BCUT2D eigenvalue weighted by Gasteiger charge is 2.42. The summed E-state index contributed by atoms with van der Waals surface area (Å²) in [6.45, 7) is 3.42. The third kappa shape index (κ3) is 3.16. The molecule has 0 aromatic carbocycles. The number of hydrogen-bond acceptors (Lipinski definition) is 5. The average Bonchev–Trinajstić information content (AvgIpc) is 3.07. The van der Waals surface area contributed by atoms with Gasteiger partial charge in [0.15, 0.2) is 0 Å². The number of rotatable bonds is 3. The predicted molar refractivity (Wildman–Crippen MR) is 91.8 cm³/mol. The molecule has 0 unspecified atom stereocenters. The van der Waals surface area contributed by atoms with Gasteiger partial charge in [-0.1, -0.05) is 25.7 Å².